The smallest absolute Gasteiger partial charge is 0.361 e. The van der Waals surface area contributed by atoms with Gasteiger partial charge in [0, 0.05) is 25.4 Å². The van der Waals surface area contributed by atoms with Crippen LogP contribution in [0, 0.1) is 17.5 Å². The van der Waals surface area contributed by atoms with Crippen molar-refractivity contribution < 1.29 is 35.9 Å². The van der Waals surface area contributed by atoms with Crippen LogP contribution in [0.2, 0.25) is 0 Å². The molecule has 0 radical (unpaired) electrons. The zero-order valence-electron chi connectivity index (χ0n) is 17.6. The topological polar surface area (TPSA) is 52.1 Å². The van der Waals surface area contributed by atoms with Crippen molar-refractivity contribution in [3.05, 3.63) is 83.1 Å². The van der Waals surface area contributed by atoms with Crippen molar-refractivity contribution in [1.82, 2.24) is 9.97 Å². The van der Waals surface area contributed by atoms with Gasteiger partial charge < -0.3 is 4.74 Å². The fraction of sp³-hybridized carbons (Fsp3) is 0.292. The zero-order chi connectivity index (χ0) is 24.5. The van der Waals surface area contributed by atoms with E-state index in [1.165, 1.54) is 12.3 Å². The van der Waals surface area contributed by atoms with Crippen molar-refractivity contribution in [3.63, 3.8) is 0 Å². The van der Waals surface area contributed by atoms with Crippen LogP contribution in [0.4, 0.5) is 26.3 Å². The normalized spacial score (nSPS) is 18.6. The molecule has 1 fully saturated rings. The number of hydrogen-bond donors (Lipinski definition) is 0. The Kier molecular flexibility index (Phi) is 6.44. The van der Waals surface area contributed by atoms with E-state index in [1.54, 1.807) is 0 Å². The Morgan fingerprint density at radius 3 is 2.38 bits per heavy atom. The second-order valence-corrected chi connectivity index (χ2v) is 7.89. The highest BCUT2D eigenvalue weighted by Crippen LogP contribution is 2.49. The van der Waals surface area contributed by atoms with Crippen molar-refractivity contribution >= 4 is 5.78 Å². The number of hydrogen-bond acceptors (Lipinski definition) is 4. The second-order valence-electron chi connectivity index (χ2n) is 7.89. The Labute approximate surface area is 190 Å². The first kappa shape index (κ1) is 23.9. The quantitative estimate of drug-likeness (QED) is 0.335. The van der Waals surface area contributed by atoms with Gasteiger partial charge in [-0.25, -0.2) is 18.2 Å². The van der Waals surface area contributed by atoms with Crippen LogP contribution in [0.5, 0.6) is 0 Å². The van der Waals surface area contributed by atoms with Crippen molar-refractivity contribution in [2.45, 2.75) is 37.5 Å². The minimum absolute atomic E-state index is 0.0310. The Bertz CT molecular complexity index is 1200. The number of benzene rings is 1. The standard InChI is InChI=1S/C24H18F6N2O2/c25-16-4-3-5-17(26)21(16)22-18(27)6-7-19(32-22)20(33)12-14-13-31-10-8-15(14)23(24(28,29)30)9-1-2-11-34-23/h3-8,10,13H,1-2,9,11-12H2/t23-/m0/s1. The molecule has 0 bridgehead atoms. The molecule has 1 aromatic carbocycles. The molecule has 0 unspecified atom stereocenters. The van der Waals surface area contributed by atoms with Crippen molar-refractivity contribution in [1.29, 1.82) is 0 Å². The summed E-state index contributed by atoms with van der Waals surface area (Å²) >= 11 is 0. The number of ketones is 1. The van der Waals surface area contributed by atoms with Crippen LogP contribution in [0.25, 0.3) is 11.3 Å². The lowest BCUT2D eigenvalue weighted by Crippen LogP contribution is -2.47. The summed E-state index contributed by atoms with van der Waals surface area (Å²) in [5, 5.41) is 0. The summed E-state index contributed by atoms with van der Waals surface area (Å²) < 4.78 is 90.3. The van der Waals surface area contributed by atoms with Crippen molar-refractivity contribution in [3.8, 4) is 11.3 Å². The van der Waals surface area contributed by atoms with E-state index in [0.29, 0.717) is 6.42 Å². The minimum Gasteiger partial charge on any atom is -0.361 e. The highest BCUT2D eigenvalue weighted by atomic mass is 19.4. The van der Waals surface area contributed by atoms with Crippen LogP contribution < -0.4 is 0 Å². The predicted octanol–water partition coefficient (Wildman–Crippen LogP) is 5.94. The van der Waals surface area contributed by atoms with Crippen LogP contribution in [0.15, 0.2) is 48.8 Å². The first-order valence-corrected chi connectivity index (χ1v) is 10.4. The van der Waals surface area contributed by atoms with Crippen LogP contribution >= 0.6 is 0 Å². The molecule has 4 nitrogen and oxygen atoms in total. The molecule has 2 aromatic heterocycles. The summed E-state index contributed by atoms with van der Waals surface area (Å²) in [6.07, 6.45) is -2.52. The predicted molar refractivity (Wildman–Crippen MR) is 109 cm³/mol. The van der Waals surface area contributed by atoms with Gasteiger partial charge in [-0.05, 0) is 60.7 Å². The number of alkyl halides is 3. The Morgan fingerprint density at radius 1 is 1.00 bits per heavy atom. The number of rotatable bonds is 5. The van der Waals surface area contributed by atoms with E-state index in [9.17, 15) is 31.1 Å². The lowest BCUT2D eigenvalue weighted by molar-refractivity contribution is -0.297. The summed E-state index contributed by atoms with van der Waals surface area (Å²) in [5.41, 5.74) is -4.67. The fourth-order valence-electron chi connectivity index (χ4n) is 4.11. The van der Waals surface area contributed by atoms with Crippen molar-refractivity contribution in [2.75, 3.05) is 6.61 Å². The molecule has 1 aliphatic heterocycles. The van der Waals surface area contributed by atoms with Crippen LogP contribution in [-0.2, 0) is 16.8 Å². The highest BCUT2D eigenvalue weighted by Gasteiger charge is 2.58. The molecular formula is C24H18F6N2O2. The van der Waals surface area contributed by atoms with Crippen LogP contribution in [-0.4, -0.2) is 28.5 Å². The van der Waals surface area contributed by atoms with Crippen molar-refractivity contribution in [2.24, 2.45) is 0 Å². The molecule has 178 valence electrons. The van der Waals surface area contributed by atoms with E-state index in [-0.39, 0.29) is 36.3 Å². The molecule has 4 rings (SSSR count). The molecule has 0 aliphatic carbocycles. The molecule has 0 N–H and O–H groups in total. The lowest BCUT2D eigenvalue weighted by Gasteiger charge is -2.40. The number of halogens is 6. The third-order valence-corrected chi connectivity index (χ3v) is 5.75. The molecule has 3 heterocycles. The zero-order valence-corrected chi connectivity index (χ0v) is 17.6. The summed E-state index contributed by atoms with van der Waals surface area (Å²) in [6, 6.07) is 5.92. The van der Waals surface area contributed by atoms with E-state index in [4.69, 9.17) is 4.74 Å². The first-order chi connectivity index (χ1) is 16.1. The molecular weight excluding hydrogens is 462 g/mol. The third kappa shape index (κ3) is 4.29. The van der Waals surface area contributed by atoms with Gasteiger partial charge >= 0.3 is 6.18 Å². The van der Waals surface area contributed by atoms with Gasteiger partial charge in [0.15, 0.2) is 11.4 Å². The van der Waals surface area contributed by atoms with Gasteiger partial charge in [-0.3, -0.25) is 9.78 Å². The number of carbonyl (C=O) groups excluding carboxylic acids is 1. The van der Waals surface area contributed by atoms with Gasteiger partial charge in [0.1, 0.15) is 28.8 Å². The minimum atomic E-state index is -4.74. The average molecular weight is 480 g/mol. The maximum absolute atomic E-state index is 14.3. The summed E-state index contributed by atoms with van der Waals surface area (Å²) in [6.45, 7) is -0.0910. The number of pyridine rings is 2. The molecule has 10 heteroatoms. The number of nitrogens with zero attached hydrogens (tertiary/aromatic N) is 2. The van der Waals surface area contributed by atoms with Gasteiger partial charge in [-0.1, -0.05) is 6.07 Å². The van der Waals surface area contributed by atoms with Gasteiger partial charge in [-0.15, -0.1) is 0 Å². The van der Waals surface area contributed by atoms with E-state index >= 15 is 0 Å². The molecule has 34 heavy (non-hydrogen) atoms. The molecule has 0 spiro atoms. The van der Waals surface area contributed by atoms with Gasteiger partial charge in [0.05, 0.1) is 5.56 Å². The molecule has 0 saturated carbocycles. The molecule has 0 amide bonds. The van der Waals surface area contributed by atoms with Gasteiger partial charge in [-0.2, -0.15) is 13.2 Å². The number of carbonyl (C=O) groups is 1. The molecule has 1 aliphatic rings. The number of aromatic nitrogens is 2. The largest absolute Gasteiger partial charge is 0.421 e. The Hall–Kier alpha value is -3.27. The fourth-order valence-corrected chi connectivity index (χ4v) is 4.11. The molecule has 1 saturated heterocycles. The summed E-state index contributed by atoms with van der Waals surface area (Å²) in [7, 11) is 0. The maximum atomic E-state index is 14.3. The lowest BCUT2D eigenvalue weighted by atomic mass is 9.82. The van der Waals surface area contributed by atoms with E-state index in [0.717, 1.165) is 36.5 Å². The Morgan fingerprint density at radius 2 is 1.74 bits per heavy atom. The Balaban J connectivity index is 1.72. The van der Waals surface area contributed by atoms with E-state index in [2.05, 4.69) is 9.97 Å². The summed E-state index contributed by atoms with van der Waals surface area (Å²) in [5.74, 6) is -3.99. The van der Waals surface area contributed by atoms with E-state index < -0.39 is 52.7 Å². The maximum Gasteiger partial charge on any atom is 0.421 e. The first-order valence-electron chi connectivity index (χ1n) is 10.4. The van der Waals surface area contributed by atoms with E-state index in [1.807, 2.05) is 0 Å². The second kappa shape index (κ2) is 9.17. The van der Waals surface area contributed by atoms with Crippen LogP contribution in [0.1, 0.15) is 40.9 Å². The number of ether oxygens (including phenoxy) is 1. The summed E-state index contributed by atoms with van der Waals surface area (Å²) in [4.78, 5) is 20.6. The van der Waals surface area contributed by atoms with Crippen LogP contribution in [0.3, 0.4) is 0 Å². The monoisotopic (exact) mass is 480 g/mol. The van der Waals surface area contributed by atoms with Gasteiger partial charge in [0.25, 0.3) is 0 Å². The molecule has 1 atom stereocenters. The molecule has 3 aromatic rings. The van der Waals surface area contributed by atoms with Gasteiger partial charge in [0.2, 0.25) is 0 Å². The third-order valence-electron chi connectivity index (χ3n) is 5.75. The highest BCUT2D eigenvalue weighted by molar-refractivity contribution is 5.96. The average Bonchev–Trinajstić information content (AvgIpc) is 2.80. The SMILES string of the molecule is O=C(Cc1cnccc1[C@]1(C(F)(F)F)CCCCO1)c1ccc(F)c(-c2c(F)cccc2F)n1. The number of Topliss-reactive ketones (excluding diaryl/α,β-unsaturated/α-hetero) is 1.